The van der Waals surface area contributed by atoms with Crippen molar-refractivity contribution in [2.24, 2.45) is 0 Å². The van der Waals surface area contributed by atoms with Crippen LogP contribution in [-0.2, 0) is 11.3 Å². The molecule has 0 spiro atoms. The summed E-state index contributed by atoms with van der Waals surface area (Å²) in [4.78, 5) is 0. The second-order valence-corrected chi connectivity index (χ2v) is 2.55. The quantitative estimate of drug-likeness (QED) is 0.301. The lowest BCUT2D eigenvalue weighted by molar-refractivity contribution is -0.412. The van der Waals surface area contributed by atoms with Crippen LogP contribution in [0.15, 0.2) is 30.3 Å². The Morgan fingerprint density at radius 2 is 1.85 bits per heavy atom. The van der Waals surface area contributed by atoms with Gasteiger partial charge in [-0.25, -0.2) is 4.74 Å². The minimum absolute atomic E-state index is 0.500. The van der Waals surface area contributed by atoms with Crippen molar-refractivity contribution in [3.8, 4) is 0 Å². The predicted molar refractivity (Wildman–Crippen MR) is 53.8 cm³/mol. The highest BCUT2D eigenvalue weighted by molar-refractivity contribution is 5.14. The van der Waals surface area contributed by atoms with Crippen LogP contribution < -0.4 is 0 Å². The predicted octanol–water partition coefficient (Wildman–Crippen LogP) is 1.66. The lowest BCUT2D eigenvalue weighted by atomic mass is 10.2. The van der Waals surface area contributed by atoms with Crippen molar-refractivity contribution in [2.75, 3.05) is 14.2 Å². The Hall–Kier alpha value is -1.35. The second-order valence-electron chi connectivity index (χ2n) is 2.55. The van der Waals surface area contributed by atoms with Crippen molar-refractivity contribution in [3.05, 3.63) is 41.1 Å². The Bertz CT molecular complexity index is 230. The third kappa shape index (κ3) is 8.56. The van der Waals surface area contributed by atoms with Gasteiger partial charge in [0.25, 0.3) is 0 Å². The fourth-order valence-electron chi connectivity index (χ4n) is 0.741. The molecular weight excluding hydrogens is 166 g/mol. The van der Waals surface area contributed by atoms with E-state index in [9.17, 15) is 5.21 Å². The van der Waals surface area contributed by atoms with E-state index in [2.05, 4.69) is 6.72 Å². The van der Waals surface area contributed by atoms with E-state index in [4.69, 9.17) is 4.74 Å². The molecule has 3 heteroatoms. The molecule has 1 aromatic carbocycles. The number of hydrogen-bond acceptors (Lipinski definition) is 2. The number of methoxy groups -OCH3 is 1. The van der Waals surface area contributed by atoms with E-state index < -0.39 is 0 Å². The first kappa shape index (κ1) is 11.6. The Labute approximate surface area is 78.9 Å². The Morgan fingerprint density at radius 1 is 1.38 bits per heavy atom. The van der Waals surface area contributed by atoms with Crippen LogP contribution in [0.1, 0.15) is 5.56 Å². The third-order valence-electron chi connectivity index (χ3n) is 1.15. The summed E-state index contributed by atoms with van der Waals surface area (Å²) in [5.74, 6) is 0. The molecule has 1 rings (SSSR count). The summed E-state index contributed by atoms with van der Waals surface area (Å²) in [5.41, 5.74) is 1.22. The molecule has 0 bridgehead atoms. The van der Waals surface area contributed by atoms with Crippen LogP contribution in [0.4, 0.5) is 0 Å². The normalized spacial score (nSPS) is 8.46. The highest BCUT2D eigenvalue weighted by atomic mass is 16.5. The molecule has 72 valence electrons. The molecule has 13 heavy (non-hydrogen) atoms. The lowest BCUT2D eigenvalue weighted by Gasteiger charge is -1.95. The summed E-state index contributed by atoms with van der Waals surface area (Å²) < 4.78 is 5.43. The smallest absolute Gasteiger partial charge is 0.142 e. The van der Waals surface area contributed by atoms with Gasteiger partial charge in [0.2, 0.25) is 0 Å². The molecule has 0 heterocycles. The summed E-state index contributed by atoms with van der Waals surface area (Å²) in [7, 11) is 3.03. The monoisotopic (exact) mass is 181 g/mol. The van der Waals surface area contributed by atoms with E-state index in [-0.39, 0.29) is 0 Å². The van der Waals surface area contributed by atoms with Crippen LogP contribution in [0.25, 0.3) is 0 Å². The minimum Gasteiger partial charge on any atom is -0.624 e. The summed E-state index contributed by atoms with van der Waals surface area (Å²) in [6.07, 6.45) is 0. The average molecular weight is 181 g/mol. The maximum atomic E-state index is 9.25. The first-order valence-electron chi connectivity index (χ1n) is 3.91. The molecule has 0 atom stereocenters. The van der Waals surface area contributed by atoms with Gasteiger partial charge < -0.3 is 9.94 Å². The minimum atomic E-state index is 0.500. The van der Waals surface area contributed by atoms with Gasteiger partial charge in [-0.2, -0.15) is 0 Å². The SMILES string of the molecule is C=[N+](C)[O-].COCc1ccccc1. The number of hydroxylamine groups is 1. The summed E-state index contributed by atoms with van der Waals surface area (Å²) in [5, 5.41) is 9.25. The van der Waals surface area contributed by atoms with E-state index in [1.165, 1.54) is 12.6 Å². The summed E-state index contributed by atoms with van der Waals surface area (Å²) >= 11 is 0. The molecule has 0 N–H and O–H groups in total. The van der Waals surface area contributed by atoms with Crippen molar-refractivity contribution in [1.82, 2.24) is 0 Å². The van der Waals surface area contributed by atoms with Crippen LogP contribution in [-0.4, -0.2) is 25.6 Å². The van der Waals surface area contributed by atoms with Crippen LogP contribution in [0.3, 0.4) is 0 Å². The first-order chi connectivity index (χ1) is 6.16. The maximum Gasteiger partial charge on any atom is 0.142 e. The van der Waals surface area contributed by atoms with E-state index in [1.807, 2.05) is 30.3 Å². The van der Waals surface area contributed by atoms with E-state index in [0.29, 0.717) is 11.3 Å². The van der Waals surface area contributed by atoms with Crippen LogP contribution in [0, 0.1) is 5.21 Å². The van der Waals surface area contributed by atoms with Gasteiger partial charge in [-0.1, -0.05) is 30.3 Å². The molecule has 0 saturated heterocycles. The van der Waals surface area contributed by atoms with Gasteiger partial charge in [0.15, 0.2) is 0 Å². The average Bonchev–Trinajstić information content (AvgIpc) is 2.06. The number of hydrogen-bond donors (Lipinski definition) is 0. The van der Waals surface area contributed by atoms with Crippen molar-refractivity contribution < 1.29 is 9.48 Å². The molecule has 0 aliphatic heterocycles. The van der Waals surface area contributed by atoms with Crippen molar-refractivity contribution in [3.63, 3.8) is 0 Å². The van der Waals surface area contributed by atoms with Gasteiger partial charge in [-0.3, -0.25) is 0 Å². The Balaban J connectivity index is 0.000000310. The highest BCUT2D eigenvalue weighted by Crippen LogP contribution is 1.98. The maximum absolute atomic E-state index is 9.25. The van der Waals surface area contributed by atoms with E-state index in [0.717, 1.165) is 0 Å². The molecule has 0 saturated carbocycles. The van der Waals surface area contributed by atoms with Gasteiger partial charge in [0.1, 0.15) is 13.8 Å². The van der Waals surface area contributed by atoms with Gasteiger partial charge in [-0.15, -0.1) is 0 Å². The van der Waals surface area contributed by atoms with Crippen molar-refractivity contribution >= 4 is 6.72 Å². The molecule has 0 aliphatic rings. The van der Waals surface area contributed by atoms with Crippen LogP contribution in [0.5, 0.6) is 0 Å². The molecule has 3 nitrogen and oxygen atoms in total. The molecular formula is C10H15NO2. The Morgan fingerprint density at radius 3 is 2.23 bits per heavy atom. The Kier molecular flexibility index (Phi) is 6.55. The third-order valence-corrected chi connectivity index (χ3v) is 1.15. The van der Waals surface area contributed by atoms with Gasteiger partial charge in [-0.05, 0) is 5.56 Å². The van der Waals surface area contributed by atoms with Crippen molar-refractivity contribution in [2.45, 2.75) is 6.61 Å². The van der Waals surface area contributed by atoms with E-state index >= 15 is 0 Å². The molecule has 1 aromatic rings. The summed E-state index contributed by atoms with van der Waals surface area (Å²) in [6, 6.07) is 10.1. The molecule has 0 unspecified atom stereocenters. The number of ether oxygens (including phenoxy) is 1. The number of benzene rings is 1. The topological polar surface area (TPSA) is 35.3 Å². The van der Waals surface area contributed by atoms with Gasteiger partial charge in [0.05, 0.1) is 6.61 Å². The molecule has 0 amide bonds. The zero-order valence-corrected chi connectivity index (χ0v) is 8.06. The van der Waals surface area contributed by atoms with Crippen molar-refractivity contribution in [1.29, 1.82) is 0 Å². The van der Waals surface area contributed by atoms with Gasteiger partial charge >= 0.3 is 0 Å². The molecule has 0 fully saturated rings. The highest BCUT2D eigenvalue weighted by Gasteiger charge is 1.84. The molecule has 0 aromatic heterocycles. The standard InChI is InChI=1S/C8H10O.C2H5NO/c1-9-7-8-5-3-2-4-6-8;1-3(2)4/h2-6H,7H2,1H3;1H2,2H3. The molecule has 0 radical (unpaired) electrons. The zero-order chi connectivity index (χ0) is 10.1. The fourth-order valence-corrected chi connectivity index (χ4v) is 0.741. The number of rotatable bonds is 2. The van der Waals surface area contributed by atoms with Gasteiger partial charge in [0, 0.05) is 7.11 Å². The summed E-state index contributed by atoms with van der Waals surface area (Å²) in [6.45, 7) is 3.63. The fraction of sp³-hybridized carbons (Fsp3) is 0.300. The van der Waals surface area contributed by atoms with Crippen LogP contribution >= 0.6 is 0 Å². The number of nitrogens with zero attached hydrogens (tertiary/aromatic N) is 1. The second kappa shape index (κ2) is 7.31. The van der Waals surface area contributed by atoms with Crippen LogP contribution in [0.2, 0.25) is 0 Å². The molecule has 0 aliphatic carbocycles. The largest absolute Gasteiger partial charge is 0.624 e. The lowest BCUT2D eigenvalue weighted by Crippen LogP contribution is -1.84. The first-order valence-corrected chi connectivity index (χ1v) is 3.91. The van der Waals surface area contributed by atoms with E-state index in [1.54, 1.807) is 7.11 Å². The zero-order valence-electron chi connectivity index (χ0n) is 8.06.